The molecule has 0 radical (unpaired) electrons. The van der Waals surface area contributed by atoms with Crippen LogP contribution < -0.4 is 0 Å². The third-order valence-corrected chi connectivity index (χ3v) is 5.85. The zero-order valence-corrected chi connectivity index (χ0v) is 17.2. The van der Waals surface area contributed by atoms with Crippen molar-refractivity contribution in [2.45, 2.75) is 14.0 Å². The van der Waals surface area contributed by atoms with Crippen molar-refractivity contribution in [1.82, 2.24) is 0 Å². The molecule has 126 valence electrons. The van der Waals surface area contributed by atoms with Crippen LogP contribution >= 0.6 is 47.8 Å². The standard InChI is InChI=1S/C13H11Br3O6S/c1-3-4-23(21,22)10-6(2)5-7(11(17)18)9(13(14,15)16)8(10)12(19)20/h3,5H,1,4H2,2H3,(H,17,18)(H,19,20). The highest BCUT2D eigenvalue weighted by molar-refractivity contribution is 9.38. The molecule has 23 heavy (non-hydrogen) atoms. The average Bonchev–Trinajstić information content (AvgIpc) is 2.34. The molecular formula is C13H11Br3O6S. The maximum atomic E-state index is 12.4. The fraction of sp³-hybridized carbons (Fsp3) is 0.231. The number of carboxylic acids is 2. The molecule has 0 aromatic heterocycles. The van der Waals surface area contributed by atoms with Crippen LogP contribution in [0.3, 0.4) is 0 Å². The van der Waals surface area contributed by atoms with Gasteiger partial charge in [0.25, 0.3) is 0 Å². The van der Waals surface area contributed by atoms with Crippen LogP contribution in [0.4, 0.5) is 0 Å². The summed E-state index contributed by atoms with van der Waals surface area (Å²) in [7, 11) is -4.00. The minimum atomic E-state index is -4.00. The quantitative estimate of drug-likeness (QED) is 0.441. The van der Waals surface area contributed by atoms with Crippen molar-refractivity contribution >= 4 is 69.6 Å². The summed E-state index contributed by atoms with van der Waals surface area (Å²) in [5, 5.41) is 18.9. The van der Waals surface area contributed by atoms with Crippen molar-refractivity contribution < 1.29 is 28.2 Å². The highest BCUT2D eigenvalue weighted by atomic mass is 80.0. The van der Waals surface area contributed by atoms with E-state index >= 15 is 0 Å². The minimum absolute atomic E-state index is 0.0298. The van der Waals surface area contributed by atoms with E-state index in [-0.39, 0.29) is 16.7 Å². The molecule has 1 aromatic carbocycles. The Kier molecular flexibility index (Phi) is 6.22. The Labute approximate surface area is 157 Å². The zero-order valence-electron chi connectivity index (χ0n) is 11.6. The molecule has 0 aliphatic carbocycles. The van der Waals surface area contributed by atoms with Crippen LogP contribution in [0.2, 0.25) is 0 Å². The minimum Gasteiger partial charge on any atom is -0.478 e. The van der Waals surface area contributed by atoms with Crippen LogP contribution in [-0.2, 0) is 12.0 Å². The molecule has 0 spiro atoms. The van der Waals surface area contributed by atoms with E-state index in [2.05, 4.69) is 54.4 Å². The predicted octanol–water partition coefficient (Wildman–Crippen LogP) is 3.65. The maximum absolute atomic E-state index is 12.4. The van der Waals surface area contributed by atoms with Crippen LogP contribution in [0.1, 0.15) is 31.8 Å². The lowest BCUT2D eigenvalue weighted by Gasteiger charge is -2.22. The Morgan fingerprint density at radius 1 is 1.26 bits per heavy atom. The van der Waals surface area contributed by atoms with E-state index in [0.717, 1.165) is 12.1 Å². The van der Waals surface area contributed by atoms with Gasteiger partial charge in [0.05, 0.1) is 21.8 Å². The van der Waals surface area contributed by atoms with E-state index in [4.69, 9.17) is 0 Å². The number of aryl methyl sites for hydroxylation is 1. The lowest BCUT2D eigenvalue weighted by Crippen LogP contribution is -2.22. The van der Waals surface area contributed by atoms with Crippen molar-refractivity contribution in [3.05, 3.63) is 41.0 Å². The molecule has 10 heteroatoms. The average molecular weight is 535 g/mol. The van der Waals surface area contributed by atoms with Crippen LogP contribution in [0.25, 0.3) is 0 Å². The Hall–Kier alpha value is -0.710. The number of sulfone groups is 1. The van der Waals surface area contributed by atoms with Gasteiger partial charge in [-0.3, -0.25) is 0 Å². The molecule has 2 N–H and O–H groups in total. The third kappa shape index (κ3) is 4.23. The molecule has 0 heterocycles. The molecule has 0 fully saturated rings. The van der Waals surface area contributed by atoms with E-state index in [0.29, 0.717) is 0 Å². The fourth-order valence-corrected chi connectivity index (χ4v) is 4.87. The van der Waals surface area contributed by atoms with Gasteiger partial charge in [0.1, 0.15) is 0 Å². The van der Waals surface area contributed by atoms with E-state index in [1.165, 1.54) is 6.92 Å². The number of carbonyl (C=O) groups is 2. The normalized spacial score (nSPS) is 12.0. The van der Waals surface area contributed by atoms with E-state index in [1.54, 1.807) is 0 Å². The SMILES string of the molecule is C=CCS(=O)(=O)c1c(C)cc(C(=O)O)c(C(Br)(Br)Br)c1C(=O)O. The van der Waals surface area contributed by atoms with Crippen LogP contribution in [0.15, 0.2) is 23.6 Å². The van der Waals surface area contributed by atoms with Crippen LogP contribution in [-0.4, -0.2) is 36.3 Å². The number of carboxylic acid groups (broad SMARTS) is 2. The monoisotopic (exact) mass is 532 g/mol. The van der Waals surface area contributed by atoms with Crippen LogP contribution in [0.5, 0.6) is 0 Å². The van der Waals surface area contributed by atoms with Gasteiger partial charge in [-0.15, -0.1) is 6.58 Å². The van der Waals surface area contributed by atoms with Crippen molar-refractivity contribution in [1.29, 1.82) is 0 Å². The Morgan fingerprint density at radius 2 is 1.78 bits per heavy atom. The van der Waals surface area contributed by atoms with Gasteiger partial charge in [0.2, 0.25) is 0 Å². The number of alkyl halides is 3. The summed E-state index contributed by atoms with van der Waals surface area (Å²) in [6, 6.07) is 1.12. The second kappa shape index (κ2) is 7.04. The molecule has 0 saturated heterocycles. The molecule has 0 bridgehead atoms. The summed E-state index contributed by atoms with van der Waals surface area (Å²) in [6.45, 7) is 4.69. The Morgan fingerprint density at radius 3 is 2.13 bits per heavy atom. The molecule has 0 amide bonds. The van der Waals surface area contributed by atoms with Crippen molar-refractivity contribution in [3.63, 3.8) is 0 Å². The number of halogens is 3. The van der Waals surface area contributed by atoms with E-state index in [1.807, 2.05) is 0 Å². The first-order valence-corrected chi connectivity index (χ1v) is 9.92. The van der Waals surface area contributed by atoms with E-state index < -0.39 is 40.1 Å². The fourth-order valence-electron chi connectivity index (χ4n) is 2.11. The van der Waals surface area contributed by atoms with Gasteiger partial charge in [0, 0.05) is 5.56 Å². The summed E-state index contributed by atoms with van der Waals surface area (Å²) in [5.74, 6) is -3.42. The number of rotatable bonds is 5. The Bertz CT molecular complexity index is 793. The molecule has 0 unspecified atom stereocenters. The van der Waals surface area contributed by atoms with Gasteiger partial charge < -0.3 is 10.2 Å². The van der Waals surface area contributed by atoms with Gasteiger partial charge in [-0.05, 0) is 18.6 Å². The second-order valence-corrected chi connectivity index (χ2v) is 13.2. The first kappa shape index (κ1) is 20.3. The van der Waals surface area contributed by atoms with Gasteiger partial charge in [-0.2, -0.15) is 0 Å². The number of benzene rings is 1. The molecular weight excluding hydrogens is 524 g/mol. The van der Waals surface area contributed by atoms with Gasteiger partial charge >= 0.3 is 11.9 Å². The molecule has 0 atom stereocenters. The largest absolute Gasteiger partial charge is 0.478 e. The second-order valence-electron chi connectivity index (χ2n) is 4.50. The molecule has 1 aromatic rings. The molecule has 1 rings (SSSR count). The number of hydrogen-bond donors (Lipinski definition) is 2. The topological polar surface area (TPSA) is 109 Å². The summed E-state index contributed by atoms with van der Waals surface area (Å²) in [4.78, 5) is 22.7. The summed E-state index contributed by atoms with van der Waals surface area (Å²) < 4.78 is 23.4. The predicted molar refractivity (Wildman–Crippen MR) is 95.8 cm³/mol. The summed E-state index contributed by atoms with van der Waals surface area (Å²) in [6.07, 6.45) is 1.13. The first-order valence-electron chi connectivity index (χ1n) is 5.89. The van der Waals surface area contributed by atoms with E-state index in [9.17, 15) is 28.2 Å². The highest BCUT2D eigenvalue weighted by Crippen LogP contribution is 2.49. The van der Waals surface area contributed by atoms with Crippen molar-refractivity contribution in [2.24, 2.45) is 0 Å². The van der Waals surface area contributed by atoms with Gasteiger partial charge in [-0.1, -0.05) is 53.9 Å². The summed E-state index contributed by atoms with van der Waals surface area (Å²) in [5.41, 5.74) is -1.19. The lowest BCUT2D eigenvalue weighted by molar-refractivity contribution is 0.0691. The molecule has 6 nitrogen and oxygen atoms in total. The molecule has 0 saturated carbocycles. The lowest BCUT2D eigenvalue weighted by atomic mass is 9.99. The third-order valence-electron chi connectivity index (χ3n) is 2.84. The Balaban J connectivity index is 4.14. The first-order chi connectivity index (χ1) is 10.3. The van der Waals surface area contributed by atoms with Crippen molar-refractivity contribution in [2.75, 3.05) is 5.75 Å². The number of hydrogen-bond acceptors (Lipinski definition) is 4. The molecule has 0 aliphatic heterocycles. The summed E-state index contributed by atoms with van der Waals surface area (Å²) >= 11 is 9.24. The highest BCUT2D eigenvalue weighted by Gasteiger charge is 2.38. The van der Waals surface area contributed by atoms with Gasteiger partial charge in [-0.25, -0.2) is 18.0 Å². The van der Waals surface area contributed by atoms with Crippen molar-refractivity contribution in [3.8, 4) is 0 Å². The zero-order chi connectivity index (χ0) is 18.2. The molecule has 0 aliphatic rings. The smallest absolute Gasteiger partial charge is 0.337 e. The van der Waals surface area contributed by atoms with Crippen LogP contribution in [0, 0.1) is 6.92 Å². The maximum Gasteiger partial charge on any atom is 0.337 e. The van der Waals surface area contributed by atoms with Gasteiger partial charge in [0.15, 0.2) is 12.0 Å². The number of aromatic carboxylic acids is 2.